The van der Waals surface area contributed by atoms with E-state index in [-0.39, 0.29) is 4.90 Å². The standard InChI is InChI=1S/C30H20ClN3O4S/c1-39(37,38)21-8-4-7-18(14-21)23-10-5-11-25(31)28(23)19-12-13-24-26(15-19)33-30(36)34(29(24)35)27-17-32-16-20-6-2-3-9-22(20)27/h2-17H,1H3,(H,33,36). The first kappa shape index (κ1) is 24.8. The zero-order valence-corrected chi connectivity index (χ0v) is 22.1. The normalized spacial score (nSPS) is 11.7. The van der Waals surface area contributed by atoms with Gasteiger partial charge in [0.15, 0.2) is 9.84 Å². The average molecular weight is 554 g/mol. The van der Waals surface area contributed by atoms with Crippen molar-refractivity contribution in [1.29, 1.82) is 0 Å². The maximum absolute atomic E-state index is 13.6. The van der Waals surface area contributed by atoms with Crippen molar-refractivity contribution >= 4 is 43.1 Å². The Morgan fingerprint density at radius 2 is 1.62 bits per heavy atom. The van der Waals surface area contributed by atoms with Crippen LogP contribution in [0.2, 0.25) is 5.02 Å². The molecular formula is C30H20ClN3O4S. The first-order chi connectivity index (χ1) is 18.7. The first-order valence-electron chi connectivity index (χ1n) is 11.9. The lowest BCUT2D eigenvalue weighted by Crippen LogP contribution is -2.33. The van der Waals surface area contributed by atoms with Crippen molar-refractivity contribution < 1.29 is 8.42 Å². The van der Waals surface area contributed by atoms with Crippen LogP contribution in [0, 0.1) is 0 Å². The van der Waals surface area contributed by atoms with Crippen molar-refractivity contribution in [2.24, 2.45) is 0 Å². The summed E-state index contributed by atoms with van der Waals surface area (Å²) in [7, 11) is -3.41. The second-order valence-corrected chi connectivity index (χ2v) is 11.6. The fraction of sp³-hybridized carbons (Fsp3) is 0.0333. The molecule has 0 atom stereocenters. The number of fused-ring (bicyclic) bond motifs is 2. The Balaban J connectivity index is 1.55. The van der Waals surface area contributed by atoms with Gasteiger partial charge in [0.1, 0.15) is 0 Å². The third-order valence-electron chi connectivity index (χ3n) is 6.66. The van der Waals surface area contributed by atoms with E-state index in [9.17, 15) is 18.0 Å². The monoisotopic (exact) mass is 553 g/mol. The Labute approximate surface area is 227 Å². The van der Waals surface area contributed by atoms with E-state index < -0.39 is 21.1 Å². The van der Waals surface area contributed by atoms with Gasteiger partial charge in [0.2, 0.25) is 0 Å². The lowest BCUT2D eigenvalue weighted by atomic mass is 9.94. The molecular weight excluding hydrogens is 534 g/mol. The lowest BCUT2D eigenvalue weighted by Gasteiger charge is -2.14. The van der Waals surface area contributed by atoms with Gasteiger partial charge in [-0.15, -0.1) is 0 Å². The van der Waals surface area contributed by atoms with Crippen LogP contribution < -0.4 is 11.2 Å². The molecule has 2 heterocycles. The van der Waals surface area contributed by atoms with Crippen LogP contribution in [0.15, 0.2) is 112 Å². The molecule has 192 valence electrons. The van der Waals surface area contributed by atoms with E-state index in [4.69, 9.17) is 11.6 Å². The van der Waals surface area contributed by atoms with Gasteiger partial charge in [0, 0.05) is 33.8 Å². The zero-order valence-electron chi connectivity index (χ0n) is 20.6. The lowest BCUT2D eigenvalue weighted by molar-refractivity contribution is 0.602. The van der Waals surface area contributed by atoms with Crippen molar-refractivity contribution in [2.45, 2.75) is 4.90 Å². The van der Waals surface area contributed by atoms with Crippen LogP contribution in [0.25, 0.3) is 49.6 Å². The summed E-state index contributed by atoms with van der Waals surface area (Å²) in [6, 6.07) is 24.5. The molecule has 4 aromatic carbocycles. The molecule has 9 heteroatoms. The Hall–Kier alpha value is -4.53. The number of H-pyrrole nitrogens is 1. The number of sulfone groups is 1. The van der Waals surface area contributed by atoms with Gasteiger partial charge in [-0.2, -0.15) is 0 Å². The molecule has 7 nitrogen and oxygen atoms in total. The average Bonchev–Trinajstić information content (AvgIpc) is 2.92. The molecule has 0 amide bonds. The number of aromatic nitrogens is 3. The van der Waals surface area contributed by atoms with Crippen LogP contribution >= 0.6 is 11.6 Å². The highest BCUT2D eigenvalue weighted by molar-refractivity contribution is 7.90. The summed E-state index contributed by atoms with van der Waals surface area (Å²) in [5, 5.41) is 2.30. The highest BCUT2D eigenvalue weighted by Crippen LogP contribution is 2.38. The third-order valence-corrected chi connectivity index (χ3v) is 8.09. The summed E-state index contributed by atoms with van der Waals surface area (Å²) in [6.45, 7) is 0. The SMILES string of the molecule is CS(=O)(=O)c1cccc(-c2cccc(Cl)c2-c2ccc3c(=O)n(-c4cncc5ccccc45)c(=O)[nH]c3c2)c1. The molecule has 1 N–H and O–H groups in total. The maximum Gasteiger partial charge on any atom is 0.333 e. The van der Waals surface area contributed by atoms with Crippen LogP contribution in [0.1, 0.15) is 0 Å². The van der Waals surface area contributed by atoms with Crippen molar-refractivity contribution in [1.82, 2.24) is 14.5 Å². The van der Waals surface area contributed by atoms with Crippen LogP contribution in [-0.2, 0) is 9.84 Å². The summed E-state index contributed by atoms with van der Waals surface area (Å²) >= 11 is 6.66. The van der Waals surface area contributed by atoms with Crippen molar-refractivity contribution in [2.75, 3.05) is 6.26 Å². The molecule has 6 rings (SSSR count). The molecule has 6 aromatic rings. The Kier molecular flexibility index (Phi) is 5.94. The Morgan fingerprint density at radius 3 is 2.44 bits per heavy atom. The van der Waals surface area contributed by atoms with E-state index >= 15 is 0 Å². The summed E-state index contributed by atoms with van der Waals surface area (Å²) in [6.07, 6.45) is 4.34. The molecule has 0 saturated heterocycles. The smallest absolute Gasteiger partial charge is 0.306 e. The minimum atomic E-state index is -3.41. The van der Waals surface area contributed by atoms with Crippen LogP contribution in [-0.4, -0.2) is 29.2 Å². The van der Waals surface area contributed by atoms with Gasteiger partial charge >= 0.3 is 5.69 Å². The van der Waals surface area contributed by atoms with Crippen LogP contribution in [0.3, 0.4) is 0 Å². The molecule has 0 unspecified atom stereocenters. The number of halogens is 1. The number of nitrogens with one attached hydrogen (secondary N) is 1. The number of benzene rings is 4. The summed E-state index contributed by atoms with van der Waals surface area (Å²) in [5.41, 5.74) is 2.36. The fourth-order valence-corrected chi connectivity index (χ4v) is 5.77. The predicted octanol–water partition coefficient (Wildman–Crippen LogP) is 5.62. The van der Waals surface area contributed by atoms with Gasteiger partial charge in [0.25, 0.3) is 5.56 Å². The number of rotatable bonds is 4. The zero-order chi connectivity index (χ0) is 27.3. The largest absolute Gasteiger partial charge is 0.333 e. The third kappa shape index (κ3) is 4.33. The van der Waals surface area contributed by atoms with Gasteiger partial charge in [-0.1, -0.05) is 66.2 Å². The highest BCUT2D eigenvalue weighted by Gasteiger charge is 2.17. The summed E-state index contributed by atoms with van der Waals surface area (Å²) < 4.78 is 25.4. The molecule has 0 aliphatic heterocycles. The quantitative estimate of drug-likeness (QED) is 0.305. The molecule has 0 aliphatic carbocycles. The van der Waals surface area contributed by atoms with Gasteiger partial charge in [-0.05, 0) is 47.0 Å². The number of pyridine rings is 1. The van der Waals surface area contributed by atoms with E-state index in [2.05, 4.69) is 9.97 Å². The second kappa shape index (κ2) is 9.34. The Morgan fingerprint density at radius 1 is 0.821 bits per heavy atom. The molecule has 0 aliphatic rings. The molecule has 0 radical (unpaired) electrons. The number of hydrogen-bond acceptors (Lipinski definition) is 5. The van der Waals surface area contributed by atoms with Gasteiger partial charge in [0.05, 0.1) is 27.7 Å². The molecule has 2 aromatic heterocycles. The van der Waals surface area contributed by atoms with Gasteiger partial charge in [-0.3, -0.25) is 9.78 Å². The van der Waals surface area contributed by atoms with E-state index in [0.717, 1.165) is 21.6 Å². The number of nitrogens with zero attached hydrogens (tertiary/aromatic N) is 2. The number of aromatic amines is 1. The van der Waals surface area contributed by atoms with Gasteiger partial charge in [-0.25, -0.2) is 17.8 Å². The van der Waals surface area contributed by atoms with E-state index in [1.54, 1.807) is 54.7 Å². The fourth-order valence-electron chi connectivity index (χ4n) is 4.82. The van der Waals surface area contributed by atoms with E-state index in [0.29, 0.717) is 43.9 Å². The van der Waals surface area contributed by atoms with Gasteiger partial charge < -0.3 is 4.98 Å². The molecule has 0 fully saturated rings. The number of hydrogen-bond donors (Lipinski definition) is 1. The maximum atomic E-state index is 13.6. The summed E-state index contributed by atoms with van der Waals surface area (Å²) in [4.78, 5) is 34.0. The minimum absolute atomic E-state index is 0.192. The van der Waals surface area contributed by atoms with Crippen molar-refractivity contribution in [3.05, 3.63) is 123 Å². The van der Waals surface area contributed by atoms with Crippen LogP contribution in [0.4, 0.5) is 0 Å². The highest BCUT2D eigenvalue weighted by atomic mass is 35.5. The molecule has 39 heavy (non-hydrogen) atoms. The topological polar surface area (TPSA) is 102 Å². The predicted molar refractivity (Wildman–Crippen MR) is 154 cm³/mol. The molecule has 0 bridgehead atoms. The second-order valence-electron chi connectivity index (χ2n) is 9.17. The molecule has 0 saturated carbocycles. The van der Waals surface area contributed by atoms with E-state index in [1.807, 2.05) is 36.4 Å². The first-order valence-corrected chi connectivity index (χ1v) is 14.2. The summed E-state index contributed by atoms with van der Waals surface area (Å²) in [5.74, 6) is 0. The Bertz CT molecular complexity index is 2160. The minimum Gasteiger partial charge on any atom is -0.306 e. The van der Waals surface area contributed by atoms with E-state index in [1.165, 1.54) is 6.20 Å². The van der Waals surface area contributed by atoms with Crippen LogP contribution in [0.5, 0.6) is 0 Å². The molecule has 0 spiro atoms. The van der Waals surface area contributed by atoms with Crippen molar-refractivity contribution in [3.63, 3.8) is 0 Å². The van der Waals surface area contributed by atoms with Crippen molar-refractivity contribution in [3.8, 4) is 27.9 Å².